The van der Waals surface area contributed by atoms with E-state index >= 15 is 0 Å². The molecule has 0 radical (unpaired) electrons. The molecule has 2 nitrogen and oxygen atoms in total. The molecule has 0 spiro atoms. The molecule has 0 aliphatic carbocycles. The van der Waals surface area contributed by atoms with Crippen molar-refractivity contribution < 1.29 is 0 Å². The first-order valence-corrected chi connectivity index (χ1v) is 7.07. The molecule has 0 bridgehead atoms. The lowest BCUT2D eigenvalue weighted by atomic mass is 10.2. The van der Waals surface area contributed by atoms with Crippen LogP contribution in [0.1, 0.15) is 26.7 Å². The molecule has 2 N–H and O–H groups in total. The molecule has 0 heterocycles. The zero-order valence-electron chi connectivity index (χ0n) is 9.94. The quantitative estimate of drug-likeness (QED) is 0.548. The van der Waals surface area contributed by atoms with Crippen molar-refractivity contribution in [2.24, 2.45) is 5.92 Å². The summed E-state index contributed by atoms with van der Waals surface area (Å²) < 4.78 is 0. The van der Waals surface area contributed by atoms with Crippen LogP contribution in [0, 0.1) is 5.92 Å². The van der Waals surface area contributed by atoms with Crippen molar-refractivity contribution in [1.82, 2.24) is 10.6 Å². The third-order valence-electron chi connectivity index (χ3n) is 1.96. The third kappa shape index (κ3) is 12.3. The zero-order chi connectivity index (χ0) is 10.6. The van der Waals surface area contributed by atoms with Crippen molar-refractivity contribution in [3.63, 3.8) is 0 Å². The number of rotatable bonds is 10. The maximum Gasteiger partial charge on any atom is -0.00258 e. The molecular weight excluding hydrogens is 192 g/mol. The maximum absolute atomic E-state index is 3.45. The summed E-state index contributed by atoms with van der Waals surface area (Å²) in [6.07, 6.45) is 4.70. The van der Waals surface area contributed by atoms with Crippen LogP contribution in [0.15, 0.2) is 0 Å². The summed E-state index contributed by atoms with van der Waals surface area (Å²) in [4.78, 5) is 0. The number of hydrogen-bond donors (Lipinski definition) is 2. The van der Waals surface area contributed by atoms with Gasteiger partial charge in [-0.1, -0.05) is 13.8 Å². The number of nitrogens with one attached hydrogen (secondary N) is 2. The van der Waals surface area contributed by atoms with Gasteiger partial charge in [0.15, 0.2) is 0 Å². The van der Waals surface area contributed by atoms with E-state index in [1.54, 1.807) is 0 Å². The van der Waals surface area contributed by atoms with Gasteiger partial charge < -0.3 is 10.6 Å². The van der Waals surface area contributed by atoms with E-state index in [1.165, 1.54) is 25.1 Å². The highest BCUT2D eigenvalue weighted by atomic mass is 32.2. The highest BCUT2D eigenvalue weighted by Crippen LogP contribution is 1.93. The summed E-state index contributed by atoms with van der Waals surface area (Å²) in [5.74, 6) is 2.04. The summed E-state index contributed by atoms with van der Waals surface area (Å²) in [6, 6.07) is 0. The molecule has 0 aliphatic heterocycles. The summed E-state index contributed by atoms with van der Waals surface area (Å²) >= 11 is 1.92. The fraction of sp³-hybridized carbons (Fsp3) is 1.00. The van der Waals surface area contributed by atoms with E-state index in [1.807, 2.05) is 11.8 Å². The second kappa shape index (κ2) is 11.3. The Labute approximate surface area is 93.6 Å². The van der Waals surface area contributed by atoms with E-state index in [2.05, 4.69) is 30.7 Å². The molecule has 0 unspecified atom stereocenters. The van der Waals surface area contributed by atoms with Crippen LogP contribution in [0.4, 0.5) is 0 Å². The van der Waals surface area contributed by atoms with E-state index in [-0.39, 0.29) is 0 Å². The van der Waals surface area contributed by atoms with Gasteiger partial charge in [-0.25, -0.2) is 0 Å². The minimum atomic E-state index is 0.768. The second-order valence-corrected chi connectivity index (χ2v) is 5.03. The van der Waals surface area contributed by atoms with Gasteiger partial charge in [-0.3, -0.25) is 0 Å². The van der Waals surface area contributed by atoms with E-state index in [4.69, 9.17) is 0 Å². The molecule has 0 saturated carbocycles. The van der Waals surface area contributed by atoms with E-state index in [0.717, 1.165) is 25.6 Å². The summed E-state index contributed by atoms with van der Waals surface area (Å²) in [7, 11) is 0. The number of hydrogen-bond acceptors (Lipinski definition) is 3. The zero-order valence-corrected chi connectivity index (χ0v) is 10.8. The van der Waals surface area contributed by atoms with Gasteiger partial charge in [0.25, 0.3) is 0 Å². The molecule has 0 aromatic carbocycles. The van der Waals surface area contributed by atoms with Gasteiger partial charge in [0.2, 0.25) is 0 Å². The van der Waals surface area contributed by atoms with Crippen LogP contribution in [-0.4, -0.2) is 38.2 Å². The fourth-order valence-corrected chi connectivity index (χ4v) is 1.63. The van der Waals surface area contributed by atoms with Gasteiger partial charge in [-0.05, 0) is 56.9 Å². The van der Waals surface area contributed by atoms with Crippen LogP contribution < -0.4 is 10.6 Å². The van der Waals surface area contributed by atoms with Crippen molar-refractivity contribution in [3.8, 4) is 0 Å². The third-order valence-corrected chi connectivity index (χ3v) is 2.66. The fourth-order valence-electron chi connectivity index (χ4n) is 1.20. The largest absolute Gasteiger partial charge is 0.317 e. The highest BCUT2D eigenvalue weighted by Gasteiger charge is 1.92. The Bertz CT molecular complexity index is 107. The Morgan fingerprint density at radius 3 is 2.29 bits per heavy atom. The SMILES string of the molecule is CSCCCNCCCNCC(C)C. The van der Waals surface area contributed by atoms with Gasteiger partial charge >= 0.3 is 0 Å². The lowest BCUT2D eigenvalue weighted by Crippen LogP contribution is -2.25. The Hall–Kier alpha value is 0.270. The van der Waals surface area contributed by atoms with Crippen LogP contribution in [-0.2, 0) is 0 Å². The van der Waals surface area contributed by atoms with Crippen molar-refractivity contribution >= 4 is 11.8 Å². The second-order valence-electron chi connectivity index (χ2n) is 4.05. The van der Waals surface area contributed by atoms with Crippen molar-refractivity contribution in [2.45, 2.75) is 26.7 Å². The molecule has 0 rings (SSSR count). The molecule has 0 aromatic heterocycles. The van der Waals surface area contributed by atoms with Crippen LogP contribution in [0.25, 0.3) is 0 Å². The van der Waals surface area contributed by atoms with Crippen LogP contribution in [0.3, 0.4) is 0 Å². The van der Waals surface area contributed by atoms with Crippen molar-refractivity contribution in [3.05, 3.63) is 0 Å². The summed E-state index contributed by atoms with van der Waals surface area (Å²) in [5.41, 5.74) is 0. The van der Waals surface area contributed by atoms with Gasteiger partial charge in [-0.2, -0.15) is 11.8 Å². The van der Waals surface area contributed by atoms with Gasteiger partial charge in [-0.15, -0.1) is 0 Å². The standard InChI is InChI=1S/C11H26N2S/c1-11(2)10-13-7-4-6-12-8-5-9-14-3/h11-13H,4-10H2,1-3H3. The molecule has 14 heavy (non-hydrogen) atoms. The predicted octanol–water partition coefficient (Wildman–Crippen LogP) is 1.96. The van der Waals surface area contributed by atoms with Crippen LogP contribution >= 0.6 is 11.8 Å². The Morgan fingerprint density at radius 2 is 1.64 bits per heavy atom. The smallest absolute Gasteiger partial charge is 0.00258 e. The van der Waals surface area contributed by atoms with Gasteiger partial charge in [0.05, 0.1) is 0 Å². The first kappa shape index (κ1) is 14.3. The van der Waals surface area contributed by atoms with E-state index < -0.39 is 0 Å². The molecular formula is C11H26N2S. The first-order valence-electron chi connectivity index (χ1n) is 5.67. The predicted molar refractivity (Wildman–Crippen MR) is 68.2 cm³/mol. The average Bonchev–Trinajstić information content (AvgIpc) is 2.15. The lowest BCUT2D eigenvalue weighted by molar-refractivity contribution is 0.530. The topological polar surface area (TPSA) is 24.1 Å². The van der Waals surface area contributed by atoms with Crippen LogP contribution in [0.5, 0.6) is 0 Å². The molecule has 0 saturated heterocycles. The molecule has 0 amide bonds. The average molecular weight is 218 g/mol. The van der Waals surface area contributed by atoms with Crippen molar-refractivity contribution in [2.75, 3.05) is 38.2 Å². The molecule has 0 aliphatic rings. The molecule has 86 valence electrons. The van der Waals surface area contributed by atoms with Crippen molar-refractivity contribution in [1.29, 1.82) is 0 Å². The Kier molecular flexibility index (Phi) is 11.6. The monoisotopic (exact) mass is 218 g/mol. The van der Waals surface area contributed by atoms with E-state index in [9.17, 15) is 0 Å². The normalized spacial score (nSPS) is 11.1. The molecule has 0 fully saturated rings. The van der Waals surface area contributed by atoms with Gasteiger partial charge in [0, 0.05) is 0 Å². The Morgan fingerprint density at radius 1 is 1.00 bits per heavy atom. The minimum absolute atomic E-state index is 0.768. The molecule has 3 heteroatoms. The maximum atomic E-state index is 3.45. The molecule has 0 atom stereocenters. The lowest BCUT2D eigenvalue weighted by Gasteiger charge is -2.07. The highest BCUT2D eigenvalue weighted by molar-refractivity contribution is 7.98. The summed E-state index contributed by atoms with van der Waals surface area (Å²) in [6.45, 7) is 9.10. The van der Waals surface area contributed by atoms with E-state index in [0.29, 0.717) is 0 Å². The van der Waals surface area contributed by atoms with Crippen LogP contribution in [0.2, 0.25) is 0 Å². The summed E-state index contributed by atoms with van der Waals surface area (Å²) in [5, 5.41) is 6.90. The molecule has 0 aromatic rings. The Balaban J connectivity index is 2.85. The number of thioether (sulfide) groups is 1. The minimum Gasteiger partial charge on any atom is -0.317 e. The first-order chi connectivity index (χ1) is 6.77. The van der Waals surface area contributed by atoms with Gasteiger partial charge in [0.1, 0.15) is 0 Å².